The number of H-pyrrole nitrogens is 1. The summed E-state index contributed by atoms with van der Waals surface area (Å²) in [6, 6.07) is 9.55. The number of halogens is 3. The number of rotatable bonds is 4. The van der Waals surface area contributed by atoms with Gasteiger partial charge in [-0.2, -0.15) is 13.2 Å². The van der Waals surface area contributed by atoms with Gasteiger partial charge in [-0.05, 0) is 54.7 Å². The summed E-state index contributed by atoms with van der Waals surface area (Å²) >= 11 is 0. The first kappa shape index (κ1) is 18.9. The lowest BCUT2D eigenvalue weighted by atomic mass is 9.85. The van der Waals surface area contributed by atoms with Crippen molar-refractivity contribution in [1.82, 2.24) is 4.98 Å². The van der Waals surface area contributed by atoms with E-state index in [9.17, 15) is 13.2 Å². The van der Waals surface area contributed by atoms with Gasteiger partial charge in [-0.3, -0.25) is 0 Å². The molecule has 2 aromatic carbocycles. The van der Waals surface area contributed by atoms with E-state index >= 15 is 0 Å². The zero-order valence-corrected chi connectivity index (χ0v) is 15.9. The van der Waals surface area contributed by atoms with Crippen LogP contribution in [0.5, 0.6) is 11.5 Å². The summed E-state index contributed by atoms with van der Waals surface area (Å²) in [5.74, 6) is 0.987. The van der Waals surface area contributed by atoms with Crippen molar-refractivity contribution < 1.29 is 17.9 Å². The molecule has 1 fully saturated rings. The number of fused-ring (bicyclic) bond motifs is 1. The van der Waals surface area contributed by atoms with E-state index in [-0.39, 0.29) is 5.75 Å². The Morgan fingerprint density at radius 2 is 1.86 bits per heavy atom. The van der Waals surface area contributed by atoms with Gasteiger partial charge in [0.25, 0.3) is 0 Å². The van der Waals surface area contributed by atoms with Crippen LogP contribution in [0.1, 0.15) is 48.8 Å². The maximum atomic E-state index is 13.4. The number of ether oxygens (including phenoxy) is 1. The molecule has 1 heterocycles. The van der Waals surface area contributed by atoms with Gasteiger partial charge in [0.1, 0.15) is 11.5 Å². The summed E-state index contributed by atoms with van der Waals surface area (Å²) in [6.45, 7) is 1.63. The normalized spacial score (nSPS) is 15.9. The van der Waals surface area contributed by atoms with Crippen LogP contribution in [0.4, 0.5) is 13.2 Å². The molecule has 0 spiro atoms. The summed E-state index contributed by atoms with van der Waals surface area (Å²) < 4.78 is 45.9. The lowest BCUT2D eigenvalue weighted by Gasteiger charge is -2.21. The molecule has 1 aromatic heterocycles. The van der Waals surface area contributed by atoms with Crippen LogP contribution in [0.15, 0.2) is 42.6 Å². The zero-order chi connectivity index (χ0) is 19.7. The Morgan fingerprint density at radius 1 is 1.07 bits per heavy atom. The van der Waals surface area contributed by atoms with Gasteiger partial charge in [-0.15, -0.1) is 0 Å². The van der Waals surface area contributed by atoms with Crippen LogP contribution in [-0.2, 0) is 12.6 Å². The molecule has 0 unspecified atom stereocenters. The minimum absolute atomic E-state index is 0.126. The lowest BCUT2D eigenvalue weighted by Crippen LogP contribution is -2.09. The van der Waals surface area contributed by atoms with Crippen LogP contribution in [-0.4, -0.2) is 4.98 Å². The van der Waals surface area contributed by atoms with Gasteiger partial charge in [-0.1, -0.05) is 44.2 Å². The molecule has 28 heavy (non-hydrogen) atoms. The average molecular weight is 387 g/mol. The number of aromatic amines is 1. The molecule has 3 aromatic rings. The first-order valence-corrected chi connectivity index (χ1v) is 9.86. The summed E-state index contributed by atoms with van der Waals surface area (Å²) in [5, 5.41) is 1.03. The molecular formula is C23H24F3NO. The van der Waals surface area contributed by atoms with Crippen molar-refractivity contribution in [3.8, 4) is 11.5 Å². The smallest absolute Gasteiger partial charge is 0.419 e. The minimum Gasteiger partial charge on any atom is -0.456 e. The fourth-order valence-electron chi connectivity index (χ4n) is 4.22. The molecule has 1 aliphatic rings. The van der Waals surface area contributed by atoms with E-state index in [0.29, 0.717) is 17.2 Å². The number of aryl methyl sites for hydroxylation is 1. The number of hydrogen-bond donors (Lipinski definition) is 1. The molecule has 0 aliphatic heterocycles. The Morgan fingerprint density at radius 3 is 2.61 bits per heavy atom. The second-order valence-electron chi connectivity index (χ2n) is 7.78. The van der Waals surface area contributed by atoms with Crippen LogP contribution in [0, 0.1) is 12.8 Å². The van der Waals surface area contributed by atoms with Crippen molar-refractivity contribution in [2.45, 2.75) is 51.6 Å². The van der Waals surface area contributed by atoms with Crippen LogP contribution in [0.3, 0.4) is 0 Å². The van der Waals surface area contributed by atoms with Crippen molar-refractivity contribution in [1.29, 1.82) is 0 Å². The molecule has 148 valence electrons. The van der Waals surface area contributed by atoms with Crippen molar-refractivity contribution in [3.05, 3.63) is 59.3 Å². The molecule has 0 atom stereocenters. The highest BCUT2D eigenvalue weighted by molar-refractivity contribution is 5.84. The SMILES string of the molecule is Cc1cccc(C(F)(F)F)c1Oc1ccc2[nH]cc(CC3CCCCC3)c2c1. The molecule has 0 saturated heterocycles. The first-order valence-electron chi connectivity index (χ1n) is 9.86. The highest BCUT2D eigenvalue weighted by atomic mass is 19.4. The molecule has 0 bridgehead atoms. The van der Waals surface area contributed by atoms with Crippen molar-refractivity contribution in [3.63, 3.8) is 0 Å². The van der Waals surface area contributed by atoms with Gasteiger partial charge in [0.15, 0.2) is 0 Å². The van der Waals surface area contributed by atoms with Crippen molar-refractivity contribution in [2.24, 2.45) is 5.92 Å². The summed E-state index contributed by atoms with van der Waals surface area (Å²) in [5.41, 5.74) is 1.92. The molecule has 0 radical (unpaired) electrons. The molecule has 1 aliphatic carbocycles. The number of hydrogen-bond acceptors (Lipinski definition) is 1. The largest absolute Gasteiger partial charge is 0.456 e. The molecule has 0 amide bonds. The summed E-state index contributed by atoms with van der Waals surface area (Å²) in [7, 11) is 0. The van der Waals surface area contributed by atoms with Gasteiger partial charge in [0, 0.05) is 17.1 Å². The Bertz CT molecular complexity index is 968. The van der Waals surface area contributed by atoms with E-state index in [1.807, 2.05) is 18.3 Å². The Labute approximate surface area is 162 Å². The standard InChI is InChI=1S/C23H24F3NO/c1-15-6-5-9-20(23(24,25)26)22(15)28-18-10-11-21-19(13-18)17(14-27-21)12-16-7-3-2-4-8-16/h5-6,9-11,13-14,16,27H,2-4,7-8,12H2,1H3. The lowest BCUT2D eigenvalue weighted by molar-refractivity contribution is -0.138. The summed E-state index contributed by atoms with van der Waals surface area (Å²) in [4.78, 5) is 3.28. The topological polar surface area (TPSA) is 25.0 Å². The van der Waals surface area contributed by atoms with Gasteiger partial charge in [0.05, 0.1) is 5.56 Å². The number of benzene rings is 2. The van der Waals surface area contributed by atoms with Crippen LogP contribution >= 0.6 is 0 Å². The first-order chi connectivity index (χ1) is 13.4. The maximum Gasteiger partial charge on any atom is 0.419 e. The highest BCUT2D eigenvalue weighted by Gasteiger charge is 2.35. The average Bonchev–Trinajstić information content (AvgIpc) is 3.05. The third kappa shape index (κ3) is 3.89. The third-order valence-electron chi connectivity index (χ3n) is 5.71. The molecule has 4 rings (SSSR count). The Balaban J connectivity index is 1.65. The fraction of sp³-hybridized carbons (Fsp3) is 0.391. The van der Waals surface area contributed by atoms with E-state index in [0.717, 1.165) is 23.4 Å². The van der Waals surface area contributed by atoms with Crippen LogP contribution in [0.25, 0.3) is 10.9 Å². The number of alkyl halides is 3. The van der Waals surface area contributed by atoms with Gasteiger partial charge in [0.2, 0.25) is 0 Å². The minimum atomic E-state index is -4.45. The fourth-order valence-corrected chi connectivity index (χ4v) is 4.22. The van der Waals surface area contributed by atoms with E-state index < -0.39 is 11.7 Å². The molecule has 1 saturated carbocycles. The van der Waals surface area contributed by atoms with E-state index in [1.165, 1.54) is 43.7 Å². The Kier molecular flexibility index (Phi) is 5.09. The molecular weight excluding hydrogens is 363 g/mol. The maximum absolute atomic E-state index is 13.4. The second kappa shape index (κ2) is 7.53. The van der Waals surface area contributed by atoms with Gasteiger partial charge in [-0.25, -0.2) is 0 Å². The van der Waals surface area contributed by atoms with Crippen molar-refractivity contribution >= 4 is 10.9 Å². The van der Waals surface area contributed by atoms with E-state index in [4.69, 9.17) is 4.74 Å². The predicted octanol–water partition coefficient (Wildman–Crippen LogP) is 7.41. The third-order valence-corrected chi connectivity index (χ3v) is 5.71. The number of aromatic nitrogens is 1. The number of nitrogens with one attached hydrogen (secondary N) is 1. The molecule has 2 nitrogen and oxygen atoms in total. The monoisotopic (exact) mass is 387 g/mol. The van der Waals surface area contributed by atoms with E-state index in [2.05, 4.69) is 4.98 Å². The Hall–Kier alpha value is -2.43. The van der Waals surface area contributed by atoms with Gasteiger partial charge >= 0.3 is 6.18 Å². The van der Waals surface area contributed by atoms with Crippen LogP contribution < -0.4 is 4.74 Å². The number of para-hydroxylation sites is 1. The van der Waals surface area contributed by atoms with Crippen molar-refractivity contribution in [2.75, 3.05) is 0 Å². The zero-order valence-electron chi connectivity index (χ0n) is 15.9. The summed E-state index contributed by atoms with van der Waals surface area (Å²) in [6.07, 6.45) is 4.97. The molecule has 1 N–H and O–H groups in total. The van der Waals surface area contributed by atoms with E-state index in [1.54, 1.807) is 19.1 Å². The molecule has 5 heteroatoms. The van der Waals surface area contributed by atoms with Crippen LogP contribution in [0.2, 0.25) is 0 Å². The predicted molar refractivity (Wildman–Crippen MR) is 105 cm³/mol. The van der Waals surface area contributed by atoms with Gasteiger partial charge < -0.3 is 9.72 Å². The second-order valence-corrected chi connectivity index (χ2v) is 7.78. The highest BCUT2D eigenvalue weighted by Crippen LogP contribution is 2.40. The quantitative estimate of drug-likeness (QED) is 0.495.